The van der Waals surface area contributed by atoms with Crippen LogP contribution < -0.4 is 0 Å². The van der Waals surface area contributed by atoms with Crippen molar-refractivity contribution in [1.29, 1.82) is 0 Å². The fraction of sp³-hybridized carbons (Fsp3) is 0.583. The lowest BCUT2D eigenvalue weighted by atomic mass is 10.2. The molecule has 3 rings (SSSR count). The minimum Gasteiger partial charge on any atom is -0.480 e. The smallest absolute Gasteiger partial charge is 0.326 e. The van der Waals surface area contributed by atoms with Gasteiger partial charge in [-0.3, -0.25) is 9.89 Å². The molecule has 1 aliphatic carbocycles. The van der Waals surface area contributed by atoms with Crippen LogP contribution in [-0.2, 0) is 4.79 Å². The van der Waals surface area contributed by atoms with Crippen LogP contribution in [0.4, 0.5) is 0 Å². The molecule has 7 heteroatoms. The molecule has 6 nitrogen and oxygen atoms in total. The number of halogens is 1. The first kappa shape index (κ1) is 12.7. The molecule has 0 radical (unpaired) electrons. The first-order valence-corrected chi connectivity index (χ1v) is 7.16. The van der Waals surface area contributed by atoms with E-state index in [2.05, 4.69) is 26.1 Å². The van der Waals surface area contributed by atoms with E-state index < -0.39 is 12.0 Å². The predicted molar refractivity (Wildman–Crippen MR) is 70.0 cm³/mol. The van der Waals surface area contributed by atoms with E-state index in [1.807, 2.05) is 0 Å². The van der Waals surface area contributed by atoms with Gasteiger partial charge < -0.3 is 10.0 Å². The second-order valence-electron chi connectivity index (χ2n) is 5.07. The normalized spacial score (nSPS) is 22.8. The Balaban J connectivity index is 1.85. The number of amides is 1. The van der Waals surface area contributed by atoms with Crippen LogP contribution in [0.2, 0.25) is 0 Å². The summed E-state index contributed by atoms with van der Waals surface area (Å²) in [5, 5.41) is 16.1. The predicted octanol–water partition coefficient (Wildman–Crippen LogP) is 1.74. The number of rotatable bonds is 3. The molecule has 1 aliphatic heterocycles. The molecule has 19 heavy (non-hydrogen) atoms. The van der Waals surface area contributed by atoms with Crippen molar-refractivity contribution in [2.45, 2.75) is 37.6 Å². The highest BCUT2D eigenvalue weighted by molar-refractivity contribution is 9.10. The summed E-state index contributed by atoms with van der Waals surface area (Å²) in [4.78, 5) is 24.9. The molecular weight excluding hydrogens is 314 g/mol. The van der Waals surface area contributed by atoms with Crippen LogP contribution in [0, 0.1) is 0 Å². The maximum atomic E-state index is 12.4. The molecule has 1 saturated carbocycles. The molecule has 2 heterocycles. The number of nitrogens with zero attached hydrogens (tertiary/aromatic N) is 2. The molecule has 1 aromatic heterocycles. The zero-order valence-corrected chi connectivity index (χ0v) is 11.8. The number of carboxylic acid groups (broad SMARTS) is 1. The van der Waals surface area contributed by atoms with Crippen LogP contribution in [0.3, 0.4) is 0 Å². The Morgan fingerprint density at radius 3 is 2.74 bits per heavy atom. The van der Waals surface area contributed by atoms with Gasteiger partial charge in [0.15, 0.2) is 5.69 Å². The highest BCUT2D eigenvalue weighted by Gasteiger charge is 2.37. The molecule has 1 unspecified atom stereocenters. The zero-order valence-electron chi connectivity index (χ0n) is 10.2. The molecule has 0 spiro atoms. The number of H-pyrrole nitrogens is 1. The Bertz CT molecular complexity index is 538. The van der Waals surface area contributed by atoms with Crippen LogP contribution in [0.5, 0.6) is 0 Å². The lowest BCUT2D eigenvalue weighted by Crippen LogP contribution is -2.40. The minimum atomic E-state index is -0.945. The SMILES string of the molecule is O=C(O)C1CCCN1C(=O)c1n[nH]c(C2CC2)c1Br. The van der Waals surface area contributed by atoms with Crippen LogP contribution >= 0.6 is 15.9 Å². The van der Waals surface area contributed by atoms with Gasteiger partial charge in [-0.15, -0.1) is 0 Å². The number of carbonyl (C=O) groups excluding carboxylic acids is 1. The number of aromatic nitrogens is 2. The van der Waals surface area contributed by atoms with Crippen LogP contribution in [0.25, 0.3) is 0 Å². The van der Waals surface area contributed by atoms with Gasteiger partial charge >= 0.3 is 5.97 Å². The second kappa shape index (κ2) is 4.63. The number of likely N-dealkylation sites (tertiary alicyclic amines) is 1. The number of aliphatic carboxylic acids is 1. The zero-order chi connectivity index (χ0) is 13.6. The van der Waals surface area contributed by atoms with E-state index in [0.29, 0.717) is 29.1 Å². The van der Waals surface area contributed by atoms with Gasteiger partial charge in [-0.1, -0.05) is 0 Å². The lowest BCUT2D eigenvalue weighted by Gasteiger charge is -2.20. The number of aromatic amines is 1. The van der Waals surface area contributed by atoms with Gasteiger partial charge in [0, 0.05) is 12.5 Å². The average Bonchev–Trinajstić information content (AvgIpc) is 2.96. The largest absolute Gasteiger partial charge is 0.480 e. The van der Waals surface area contributed by atoms with Crippen LogP contribution in [0.15, 0.2) is 4.47 Å². The molecule has 1 atom stereocenters. The second-order valence-corrected chi connectivity index (χ2v) is 5.86. The summed E-state index contributed by atoms with van der Waals surface area (Å²) in [6.07, 6.45) is 3.45. The summed E-state index contributed by atoms with van der Waals surface area (Å²) < 4.78 is 0.691. The minimum absolute atomic E-state index is 0.301. The first-order chi connectivity index (χ1) is 9.09. The highest BCUT2D eigenvalue weighted by Crippen LogP contribution is 2.43. The van der Waals surface area contributed by atoms with Crippen molar-refractivity contribution < 1.29 is 14.7 Å². The molecule has 2 fully saturated rings. The van der Waals surface area contributed by atoms with Crippen molar-refractivity contribution in [2.75, 3.05) is 6.54 Å². The maximum absolute atomic E-state index is 12.4. The molecular formula is C12H14BrN3O3. The third kappa shape index (κ3) is 2.16. The summed E-state index contributed by atoms with van der Waals surface area (Å²) >= 11 is 3.41. The molecule has 1 aromatic rings. The quantitative estimate of drug-likeness (QED) is 0.885. The van der Waals surface area contributed by atoms with E-state index in [1.54, 1.807) is 0 Å². The maximum Gasteiger partial charge on any atom is 0.326 e. The Hall–Kier alpha value is -1.37. The Labute approximate surface area is 118 Å². The topological polar surface area (TPSA) is 86.3 Å². The molecule has 0 aromatic carbocycles. The monoisotopic (exact) mass is 327 g/mol. The number of carbonyl (C=O) groups is 2. The molecule has 1 saturated heterocycles. The number of nitrogens with one attached hydrogen (secondary N) is 1. The van der Waals surface area contributed by atoms with Crippen LogP contribution in [-0.4, -0.2) is 44.7 Å². The van der Waals surface area contributed by atoms with E-state index in [9.17, 15) is 9.59 Å². The van der Waals surface area contributed by atoms with Crippen molar-refractivity contribution in [1.82, 2.24) is 15.1 Å². The summed E-state index contributed by atoms with van der Waals surface area (Å²) in [6, 6.07) is -0.722. The van der Waals surface area contributed by atoms with E-state index in [4.69, 9.17) is 5.11 Å². The van der Waals surface area contributed by atoms with Crippen molar-refractivity contribution >= 4 is 27.8 Å². The van der Waals surface area contributed by atoms with Gasteiger partial charge in [0.05, 0.1) is 10.2 Å². The molecule has 0 bridgehead atoms. The van der Waals surface area contributed by atoms with E-state index in [0.717, 1.165) is 25.0 Å². The third-order valence-corrected chi connectivity index (χ3v) is 4.52. The van der Waals surface area contributed by atoms with Gasteiger partial charge in [0.25, 0.3) is 5.91 Å². The number of carboxylic acids is 1. The van der Waals surface area contributed by atoms with Crippen molar-refractivity contribution in [3.8, 4) is 0 Å². The Morgan fingerprint density at radius 1 is 1.37 bits per heavy atom. The molecule has 2 aliphatic rings. The Morgan fingerprint density at radius 2 is 2.11 bits per heavy atom. The van der Waals surface area contributed by atoms with E-state index in [1.165, 1.54) is 4.90 Å². The molecule has 102 valence electrons. The molecule has 2 N–H and O–H groups in total. The lowest BCUT2D eigenvalue weighted by molar-refractivity contribution is -0.141. The first-order valence-electron chi connectivity index (χ1n) is 6.37. The average molecular weight is 328 g/mol. The van der Waals surface area contributed by atoms with Crippen molar-refractivity contribution in [2.24, 2.45) is 0 Å². The standard InChI is InChI=1S/C12H14BrN3O3/c13-8-9(6-3-4-6)14-15-10(8)11(17)16-5-1-2-7(16)12(18)19/h6-7H,1-5H2,(H,14,15)(H,18,19). The van der Waals surface area contributed by atoms with Gasteiger partial charge in [0.2, 0.25) is 0 Å². The third-order valence-electron chi connectivity index (χ3n) is 3.72. The van der Waals surface area contributed by atoms with E-state index in [-0.39, 0.29) is 5.91 Å². The number of hydrogen-bond donors (Lipinski definition) is 2. The fourth-order valence-corrected chi connectivity index (χ4v) is 3.20. The summed E-state index contributed by atoms with van der Waals surface area (Å²) in [6.45, 7) is 0.480. The fourth-order valence-electron chi connectivity index (χ4n) is 2.53. The van der Waals surface area contributed by atoms with Gasteiger partial charge in [-0.05, 0) is 41.6 Å². The van der Waals surface area contributed by atoms with Crippen LogP contribution in [0.1, 0.15) is 47.8 Å². The van der Waals surface area contributed by atoms with Crippen molar-refractivity contribution in [3.63, 3.8) is 0 Å². The van der Waals surface area contributed by atoms with Gasteiger partial charge in [0.1, 0.15) is 6.04 Å². The van der Waals surface area contributed by atoms with Gasteiger partial charge in [-0.25, -0.2) is 4.79 Å². The van der Waals surface area contributed by atoms with E-state index >= 15 is 0 Å². The van der Waals surface area contributed by atoms with Crippen molar-refractivity contribution in [3.05, 3.63) is 15.9 Å². The Kier molecular flexibility index (Phi) is 3.08. The highest BCUT2D eigenvalue weighted by atomic mass is 79.9. The summed E-state index contributed by atoms with van der Waals surface area (Å²) in [5.41, 5.74) is 1.25. The summed E-state index contributed by atoms with van der Waals surface area (Å²) in [5.74, 6) is -0.794. The summed E-state index contributed by atoms with van der Waals surface area (Å²) in [7, 11) is 0. The number of hydrogen-bond acceptors (Lipinski definition) is 3. The van der Waals surface area contributed by atoms with Gasteiger partial charge in [-0.2, -0.15) is 5.10 Å². The molecule has 1 amide bonds.